The van der Waals surface area contributed by atoms with E-state index in [0.717, 1.165) is 68.5 Å². The highest BCUT2D eigenvalue weighted by atomic mass is 16.5. The maximum absolute atomic E-state index is 13.9. The van der Waals surface area contributed by atoms with Gasteiger partial charge in [-0.15, -0.1) is 0 Å². The zero-order chi connectivity index (χ0) is 24.0. The van der Waals surface area contributed by atoms with Gasteiger partial charge >= 0.3 is 5.97 Å². The molecule has 3 saturated heterocycles. The smallest absolute Gasteiger partial charge is 0.317 e. The molecule has 2 aromatic rings. The Hall–Kier alpha value is -2.17. The third-order valence-electron chi connectivity index (χ3n) is 9.06. The molecule has 1 aliphatic carbocycles. The number of esters is 1. The van der Waals surface area contributed by atoms with Crippen molar-refractivity contribution in [2.45, 2.75) is 69.3 Å². The first kappa shape index (κ1) is 24.5. The van der Waals surface area contributed by atoms with Crippen molar-refractivity contribution in [3.63, 3.8) is 0 Å². The number of piperidine rings is 3. The van der Waals surface area contributed by atoms with E-state index in [2.05, 4.69) is 54.6 Å². The predicted molar refractivity (Wildman–Crippen MR) is 139 cm³/mol. The summed E-state index contributed by atoms with van der Waals surface area (Å²) in [7, 11) is 0. The molecule has 4 aliphatic rings. The lowest BCUT2D eigenvalue weighted by Gasteiger charge is -2.52. The first-order valence-electron chi connectivity index (χ1n) is 13.9. The highest BCUT2D eigenvalue weighted by Gasteiger charge is 2.50. The highest BCUT2D eigenvalue weighted by molar-refractivity contribution is 5.83. The molecule has 35 heavy (non-hydrogen) atoms. The molecule has 0 amide bonds. The lowest BCUT2D eigenvalue weighted by atomic mass is 9.74. The van der Waals surface area contributed by atoms with E-state index in [1.807, 2.05) is 6.07 Å². The monoisotopic (exact) mass is 476 g/mol. The molecule has 4 fully saturated rings. The number of quaternary nitrogens is 1. The quantitative estimate of drug-likeness (QED) is 0.202. The fraction of sp³-hybridized carbons (Fsp3) is 0.581. The number of carbonyl (C=O) groups excluding carboxylic acids is 1. The third kappa shape index (κ3) is 5.65. The molecule has 4 nitrogen and oxygen atoms in total. The molecular weight excluding hydrogens is 434 g/mol. The first-order chi connectivity index (χ1) is 17.2. The Morgan fingerprint density at radius 3 is 2.20 bits per heavy atom. The summed E-state index contributed by atoms with van der Waals surface area (Å²) < 4.78 is 13.6. The zero-order valence-electron chi connectivity index (χ0n) is 21.2. The highest BCUT2D eigenvalue weighted by Crippen LogP contribution is 2.42. The summed E-state index contributed by atoms with van der Waals surface area (Å²) in [6.45, 7) is 5.94. The molecule has 2 aromatic carbocycles. The van der Waals surface area contributed by atoms with Crippen LogP contribution >= 0.6 is 0 Å². The van der Waals surface area contributed by atoms with E-state index in [9.17, 15) is 4.79 Å². The number of hydrogen-bond acceptors (Lipinski definition) is 3. The summed E-state index contributed by atoms with van der Waals surface area (Å²) in [6.07, 6.45) is 9.85. The van der Waals surface area contributed by atoms with Gasteiger partial charge in [0.05, 0.1) is 31.7 Å². The average Bonchev–Trinajstić information content (AvgIpc) is 3.18. The molecular formula is C31H42NO3+. The van der Waals surface area contributed by atoms with Crippen molar-refractivity contribution in [1.82, 2.24) is 0 Å². The summed E-state index contributed by atoms with van der Waals surface area (Å²) in [5.41, 5.74) is 2.02. The van der Waals surface area contributed by atoms with Gasteiger partial charge in [0.15, 0.2) is 6.10 Å². The lowest BCUT2D eigenvalue weighted by Crippen LogP contribution is -2.65. The van der Waals surface area contributed by atoms with Crippen LogP contribution in [0.15, 0.2) is 60.7 Å². The van der Waals surface area contributed by atoms with Crippen molar-refractivity contribution < 1.29 is 18.8 Å². The number of carbonyl (C=O) groups is 1. The van der Waals surface area contributed by atoms with Crippen molar-refractivity contribution in [2.75, 3.05) is 39.4 Å². The molecule has 0 unspecified atom stereocenters. The summed E-state index contributed by atoms with van der Waals surface area (Å²) in [5, 5.41) is 0. The Morgan fingerprint density at radius 1 is 0.857 bits per heavy atom. The van der Waals surface area contributed by atoms with Gasteiger partial charge in [-0.1, -0.05) is 86.3 Å². The Kier molecular flexibility index (Phi) is 7.89. The fourth-order valence-electron chi connectivity index (χ4n) is 6.81. The molecule has 0 spiro atoms. The Balaban J connectivity index is 1.19. The molecule has 3 aliphatic heterocycles. The lowest BCUT2D eigenvalue weighted by molar-refractivity contribution is -0.946. The number of nitrogens with zero attached hydrogens (tertiary/aromatic N) is 1. The van der Waals surface area contributed by atoms with E-state index in [-0.39, 0.29) is 12.1 Å². The molecule has 1 saturated carbocycles. The first-order valence-corrected chi connectivity index (χ1v) is 13.9. The topological polar surface area (TPSA) is 35.5 Å². The maximum Gasteiger partial charge on any atom is 0.317 e. The predicted octanol–water partition coefficient (Wildman–Crippen LogP) is 5.69. The van der Waals surface area contributed by atoms with Crippen molar-refractivity contribution >= 4 is 5.97 Å². The molecule has 188 valence electrons. The molecule has 1 atom stereocenters. The van der Waals surface area contributed by atoms with Crippen LogP contribution in [-0.2, 0) is 26.1 Å². The minimum atomic E-state index is -0.463. The number of hydrogen-bond donors (Lipinski definition) is 0. The van der Waals surface area contributed by atoms with E-state index in [1.165, 1.54) is 44.3 Å². The van der Waals surface area contributed by atoms with Crippen LogP contribution in [0.25, 0.3) is 0 Å². The van der Waals surface area contributed by atoms with Gasteiger partial charge < -0.3 is 14.0 Å². The average molecular weight is 477 g/mol. The Labute approximate surface area is 211 Å². The number of benzene rings is 2. The van der Waals surface area contributed by atoms with Crippen LogP contribution in [0.5, 0.6) is 0 Å². The molecule has 6 rings (SSSR count). The van der Waals surface area contributed by atoms with Gasteiger partial charge in [0.1, 0.15) is 13.1 Å². The second kappa shape index (κ2) is 11.3. The number of rotatable bonds is 9. The van der Waals surface area contributed by atoms with Gasteiger partial charge in [0.2, 0.25) is 0 Å². The van der Waals surface area contributed by atoms with Gasteiger partial charge in [-0.2, -0.15) is 0 Å². The maximum atomic E-state index is 13.9. The Bertz CT molecular complexity index is 928. The molecule has 0 aromatic heterocycles. The fourth-order valence-corrected chi connectivity index (χ4v) is 6.81. The van der Waals surface area contributed by atoms with E-state index in [4.69, 9.17) is 9.47 Å². The molecule has 4 heteroatoms. The van der Waals surface area contributed by atoms with Crippen LogP contribution in [-0.4, -0.2) is 55.9 Å². The molecule has 0 N–H and O–H groups in total. The van der Waals surface area contributed by atoms with E-state index >= 15 is 0 Å². The molecule has 0 radical (unpaired) electrons. The Morgan fingerprint density at radius 2 is 1.51 bits per heavy atom. The summed E-state index contributed by atoms with van der Waals surface area (Å²) >= 11 is 0. The second-order valence-electron chi connectivity index (χ2n) is 11.2. The van der Waals surface area contributed by atoms with Gasteiger partial charge in [-0.25, -0.2) is 0 Å². The summed E-state index contributed by atoms with van der Waals surface area (Å²) in [4.78, 5) is 13.9. The van der Waals surface area contributed by atoms with Crippen LogP contribution in [0.4, 0.5) is 0 Å². The molecule has 3 heterocycles. The summed E-state index contributed by atoms with van der Waals surface area (Å²) in [5.74, 6) is 0.568. The van der Waals surface area contributed by atoms with Crippen molar-refractivity contribution in [2.24, 2.45) is 5.92 Å². The zero-order valence-corrected chi connectivity index (χ0v) is 21.2. The van der Waals surface area contributed by atoms with Gasteiger partial charge in [0, 0.05) is 18.8 Å². The normalized spacial score (nSPS) is 27.8. The standard InChI is InChI=1S/C31H42NO3/c33-30(31(18-9-1-2-10-19-31)28-13-7-4-8-14-28)35-29-25-32(20-15-27(29)16-21-32)22-24-34-23-17-26-11-5-3-6-12-26/h3-8,11-14,27,29H,1-2,9-10,15-25H2/q+1/t27?,29-,32?/m0/s1. The minimum Gasteiger partial charge on any atom is -0.455 e. The number of ether oxygens (including phenoxy) is 2. The van der Waals surface area contributed by atoms with E-state index < -0.39 is 5.41 Å². The molecule has 2 bridgehead atoms. The van der Waals surface area contributed by atoms with Crippen LogP contribution < -0.4 is 0 Å². The second-order valence-corrected chi connectivity index (χ2v) is 11.2. The minimum absolute atomic E-state index is 0.0432. The van der Waals surface area contributed by atoms with Crippen LogP contribution in [0.1, 0.15) is 62.5 Å². The van der Waals surface area contributed by atoms with Crippen LogP contribution in [0, 0.1) is 5.92 Å². The van der Waals surface area contributed by atoms with E-state index in [0.29, 0.717) is 5.92 Å². The number of fused-ring (bicyclic) bond motifs is 3. The van der Waals surface area contributed by atoms with E-state index in [1.54, 1.807) is 0 Å². The van der Waals surface area contributed by atoms with Crippen molar-refractivity contribution in [3.8, 4) is 0 Å². The van der Waals surface area contributed by atoms with Gasteiger partial charge in [0.25, 0.3) is 0 Å². The largest absolute Gasteiger partial charge is 0.455 e. The van der Waals surface area contributed by atoms with Crippen LogP contribution in [0.3, 0.4) is 0 Å². The summed E-state index contributed by atoms with van der Waals surface area (Å²) in [6, 6.07) is 21.0. The van der Waals surface area contributed by atoms with Gasteiger partial charge in [-0.05, 0) is 30.4 Å². The van der Waals surface area contributed by atoms with Crippen molar-refractivity contribution in [3.05, 3.63) is 71.8 Å². The van der Waals surface area contributed by atoms with Crippen molar-refractivity contribution in [1.29, 1.82) is 0 Å². The third-order valence-corrected chi connectivity index (χ3v) is 9.06. The van der Waals surface area contributed by atoms with Crippen LogP contribution in [0.2, 0.25) is 0 Å². The SMILES string of the molecule is O=C(O[C@H]1C[N+]2(CCOCCc3ccccc3)CCC1CC2)C1(c2ccccc2)CCCCCC1. The van der Waals surface area contributed by atoms with Gasteiger partial charge in [-0.3, -0.25) is 4.79 Å².